The molecule has 118 valence electrons. The Morgan fingerprint density at radius 1 is 1.19 bits per heavy atom. The standard InChI is InChI=1S/C19H32N2/c1-16(2)20-12-10-17-8-5-6-9-18(17)14-21-13-7-11-19(3,4)15-21/h5-6,8-9,16,20H,7,10-15H2,1-4H3. The van der Waals surface area contributed by atoms with Gasteiger partial charge in [0, 0.05) is 19.1 Å². The zero-order valence-electron chi connectivity index (χ0n) is 14.3. The molecule has 0 bridgehead atoms. The molecule has 1 aromatic rings. The van der Waals surface area contributed by atoms with E-state index in [9.17, 15) is 0 Å². The Morgan fingerprint density at radius 2 is 1.90 bits per heavy atom. The highest BCUT2D eigenvalue weighted by atomic mass is 15.1. The van der Waals surface area contributed by atoms with Gasteiger partial charge in [0.2, 0.25) is 0 Å². The average molecular weight is 288 g/mol. The minimum Gasteiger partial charge on any atom is -0.314 e. The number of nitrogens with zero attached hydrogens (tertiary/aromatic N) is 1. The topological polar surface area (TPSA) is 15.3 Å². The molecule has 2 heteroatoms. The number of rotatable bonds is 6. The molecule has 1 saturated heterocycles. The van der Waals surface area contributed by atoms with Crippen molar-refractivity contribution in [2.45, 2.75) is 59.5 Å². The number of likely N-dealkylation sites (tertiary alicyclic amines) is 1. The zero-order chi connectivity index (χ0) is 15.3. The van der Waals surface area contributed by atoms with Crippen LogP contribution in [0.5, 0.6) is 0 Å². The molecule has 1 aliphatic heterocycles. The van der Waals surface area contributed by atoms with Crippen LogP contribution in [-0.2, 0) is 13.0 Å². The number of hydrogen-bond acceptors (Lipinski definition) is 2. The van der Waals surface area contributed by atoms with E-state index in [2.05, 4.69) is 62.2 Å². The molecular formula is C19H32N2. The van der Waals surface area contributed by atoms with Crippen LogP contribution < -0.4 is 5.32 Å². The average Bonchev–Trinajstić information content (AvgIpc) is 2.39. The van der Waals surface area contributed by atoms with Gasteiger partial charge in [-0.3, -0.25) is 4.90 Å². The third kappa shape index (κ3) is 5.44. The summed E-state index contributed by atoms with van der Waals surface area (Å²) in [4.78, 5) is 2.64. The second-order valence-electron chi connectivity index (χ2n) is 7.61. The van der Waals surface area contributed by atoms with Gasteiger partial charge < -0.3 is 5.32 Å². The van der Waals surface area contributed by atoms with E-state index in [-0.39, 0.29) is 0 Å². The van der Waals surface area contributed by atoms with E-state index < -0.39 is 0 Å². The van der Waals surface area contributed by atoms with Crippen LogP contribution in [0.25, 0.3) is 0 Å². The fourth-order valence-electron chi connectivity index (χ4n) is 3.37. The van der Waals surface area contributed by atoms with Crippen LogP contribution in [0.4, 0.5) is 0 Å². The predicted octanol–water partition coefficient (Wildman–Crippen LogP) is 3.85. The lowest BCUT2D eigenvalue weighted by atomic mass is 9.84. The number of nitrogens with one attached hydrogen (secondary N) is 1. The molecule has 0 aliphatic carbocycles. The maximum absolute atomic E-state index is 3.52. The summed E-state index contributed by atoms with van der Waals surface area (Å²) in [6.45, 7) is 13.9. The number of piperidine rings is 1. The molecule has 1 aliphatic rings. The summed E-state index contributed by atoms with van der Waals surface area (Å²) in [5.41, 5.74) is 3.50. The SMILES string of the molecule is CC(C)NCCc1ccccc1CN1CCCC(C)(C)C1. The smallest absolute Gasteiger partial charge is 0.0236 e. The molecule has 0 aromatic heterocycles. The molecular weight excluding hydrogens is 256 g/mol. The lowest BCUT2D eigenvalue weighted by Crippen LogP contribution is -2.39. The second kappa shape index (κ2) is 7.42. The second-order valence-corrected chi connectivity index (χ2v) is 7.61. The molecule has 0 atom stereocenters. The van der Waals surface area contributed by atoms with Crippen LogP contribution in [0, 0.1) is 5.41 Å². The first-order valence-electron chi connectivity index (χ1n) is 8.49. The van der Waals surface area contributed by atoms with Crippen molar-refractivity contribution < 1.29 is 0 Å². The highest BCUT2D eigenvalue weighted by Gasteiger charge is 2.26. The van der Waals surface area contributed by atoms with Crippen LogP contribution in [-0.4, -0.2) is 30.6 Å². The Bertz CT molecular complexity index is 437. The van der Waals surface area contributed by atoms with Gasteiger partial charge in [-0.1, -0.05) is 52.0 Å². The Kier molecular flexibility index (Phi) is 5.83. The molecule has 1 aromatic carbocycles. The zero-order valence-corrected chi connectivity index (χ0v) is 14.3. The van der Waals surface area contributed by atoms with Crippen molar-refractivity contribution in [3.05, 3.63) is 35.4 Å². The van der Waals surface area contributed by atoms with Gasteiger partial charge in [0.05, 0.1) is 0 Å². The van der Waals surface area contributed by atoms with Gasteiger partial charge in [0.15, 0.2) is 0 Å². The van der Waals surface area contributed by atoms with Crippen molar-refractivity contribution >= 4 is 0 Å². The summed E-state index contributed by atoms with van der Waals surface area (Å²) in [6, 6.07) is 9.54. The third-order valence-electron chi connectivity index (χ3n) is 4.44. The highest BCUT2D eigenvalue weighted by molar-refractivity contribution is 5.27. The van der Waals surface area contributed by atoms with Gasteiger partial charge in [-0.25, -0.2) is 0 Å². The maximum atomic E-state index is 3.52. The van der Waals surface area contributed by atoms with Crippen LogP contribution >= 0.6 is 0 Å². The van der Waals surface area contributed by atoms with Crippen molar-refractivity contribution in [2.24, 2.45) is 5.41 Å². The minimum atomic E-state index is 0.479. The minimum absolute atomic E-state index is 0.479. The summed E-state index contributed by atoms with van der Waals surface area (Å²) in [7, 11) is 0. The van der Waals surface area contributed by atoms with E-state index in [1.165, 1.54) is 37.1 Å². The first kappa shape index (κ1) is 16.5. The van der Waals surface area contributed by atoms with Gasteiger partial charge >= 0.3 is 0 Å². The Morgan fingerprint density at radius 3 is 2.57 bits per heavy atom. The van der Waals surface area contributed by atoms with Gasteiger partial charge in [0.25, 0.3) is 0 Å². The van der Waals surface area contributed by atoms with E-state index in [1.807, 2.05) is 0 Å². The van der Waals surface area contributed by atoms with E-state index in [1.54, 1.807) is 0 Å². The van der Waals surface area contributed by atoms with Gasteiger partial charge in [-0.2, -0.15) is 0 Å². The summed E-state index contributed by atoms with van der Waals surface area (Å²) in [5, 5.41) is 3.52. The normalized spacial score (nSPS) is 19.1. The maximum Gasteiger partial charge on any atom is 0.0236 e. The first-order chi connectivity index (χ1) is 9.96. The molecule has 1 N–H and O–H groups in total. The summed E-state index contributed by atoms with van der Waals surface area (Å²) < 4.78 is 0. The first-order valence-corrected chi connectivity index (χ1v) is 8.49. The summed E-state index contributed by atoms with van der Waals surface area (Å²) in [5.74, 6) is 0. The van der Waals surface area contributed by atoms with Crippen molar-refractivity contribution in [1.29, 1.82) is 0 Å². The lowest BCUT2D eigenvalue weighted by molar-refractivity contribution is 0.111. The summed E-state index contributed by atoms with van der Waals surface area (Å²) in [6.07, 6.45) is 3.83. The van der Waals surface area contributed by atoms with Crippen LogP contribution in [0.1, 0.15) is 51.7 Å². The molecule has 0 spiro atoms. The molecule has 21 heavy (non-hydrogen) atoms. The van der Waals surface area contributed by atoms with E-state index in [4.69, 9.17) is 0 Å². The molecule has 2 rings (SSSR count). The monoisotopic (exact) mass is 288 g/mol. The van der Waals surface area contributed by atoms with Gasteiger partial charge in [-0.05, 0) is 48.9 Å². The van der Waals surface area contributed by atoms with Gasteiger partial charge in [-0.15, -0.1) is 0 Å². The number of hydrogen-bond donors (Lipinski definition) is 1. The fraction of sp³-hybridized carbons (Fsp3) is 0.684. The molecule has 1 heterocycles. The molecule has 0 saturated carbocycles. The van der Waals surface area contributed by atoms with Crippen molar-refractivity contribution in [2.75, 3.05) is 19.6 Å². The lowest BCUT2D eigenvalue weighted by Gasteiger charge is -2.38. The van der Waals surface area contributed by atoms with Crippen LogP contribution in [0.15, 0.2) is 24.3 Å². The van der Waals surface area contributed by atoms with Crippen molar-refractivity contribution in [3.63, 3.8) is 0 Å². The third-order valence-corrected chi connectivity index (χ3v) is 4.44. The van der Waals surface area contributed by atoms with Crippen molar-refractivity contribution in [3.8, 4) is 0 Å². The quantitative estimate of drug-likeness (QED) is 0.855. The Labute approximate surface area is 130 Å². The molecule has 0 unspecified atom stereocenters. The van der Waals surface area contributed by atoms with E-state index in [0.717, 1.165) is 19.5 Å². The largest absolute Gasteiger partial charge is 0.314 e. The van der Waals surface area contributed by atoms with Crippen LogP contribution in [0.2, 0.25) is 0 Å². The fourth-order valence-corrected chi connectivity index (χ4v) is 3.37. The van der Waals surface area contributed by atoms with E-state index >= 15 is 0 Å². The predicted molar refractivity (Wildman–Crippen MR) is 91.6 cm³/mol. The number of benzene rings is 1. The molecule has 0 radical (unpaired) electrons. The molecule has 1 fully saturated rings. The summed E-state index contributed by atoms with van der Waals surface area (Å²) >= 11 is 0. The highest BCUT2D eigenvalue weighted by Crippen LogP contribution is 2.29. The van der Waals surface area contributed by atoms with E-state index in [0.29, 0.717) is 11.5 Å². The molecule has 2 nitrogen and oxygen atoms in total. The van der Waals surface area contributed by atoms with Crippen LogP contribution in [0.3, 0.4) is 0 Å². The molecule has 0 amide bonds. The van der Waals surface area contributed by atoms with Crippen molar-refractivity contribution in [1.82, 2.24) is 10.2 Å². The Balaban J connectivity index is 1.96. The van der Waals surface area contributed by atoms with Gasteiger partial charge in [0.1, 0.15) is 0 Å². The Hall–Kier alpha value is -0.860.